The lowest BCUT2D eigenvalue weighted by molar-refractivity contribution is 0.0947. The predicted octanol–water partition coefficient (Wildman–Crippen LogP) is 4.20. The Bertz CT molecular complexity index is 1510. The van der Waals surface area contributed by atoms with E-state index in [1.165, 1.54) is 17.5 Å². The van der Waals surface area contributed by atoms with Crippen LogP contribution in [-0.4, -0.2) is 43.9 Å². The lowest BCUT2D eigenvalue weighted by Crippen LogP contribution is -2.47. The third-order valence-corrected chi connectivity index (χ3v) is 7.02. The fraction of sp³-hybridized carbons (Fsp3) is 0.194. The van der Waals surface area contributed by atoms with Gasteiger partial charge in [0, 0.05) is 49.5 Å². The fourth-order valence-corrected chi connectivity index (χ4v) is 4.82. The molecule has 1 aromatic heterocycles. The summed E-state index contributed by atoms with van der Waals surface area (Å²) in [6, 6.07) is 23.7. The molecule has 1 saturated heterocycles. The Kier molecular flexibility index (Phi) is 7.82. The molecule has 2 heterocycles. The summed E-state index contributed by atoms with van der Waals surface area (Å²) in [6.07, 6.45) is 1.44. The summed E-state index contributed by atoms with van der Waals surface area (Å²) in [5, 5.41) is 5.83. The number of aryl methyl sites for hydroxylation is 1. The summed E-state index contributed by atoms with van der Waals surface area (Å²) < 4.78 is 5.27. The summed E-state index contributed by atoms with van der Waals surface area (Å²) in [7, 11) is 0. The van der Waals surface area contributed by atoms with Crippen molar-refractivity contribution in [1.29, 1.82) is 0 Å². The minimum absolute atomic E-state index is 0.185. The zero-order valence-corrected chi connectivity index (χ0v) is 22.2. The van der Waals surface area contributed by atoms with Crippen LogP contribution < -0.4 is 26.2 Å². The van der Waals surface area contributed by atoms with Crippen molar-refractivity contribution in [1.82, 2.24) is 5.32 Å². The Morgan fingerprint density at radius 2 is 1.48 bits per heavy atom. The van der Waals surface area contributed by atoms with Gasteiger partial charge in [-0.25, -0.2) is 0 Å². The lowest BCUT2D eigenvalue weighted by Gasteiger charge is -2.38. The number of benzene rings is 3. The number of amides is 3. The van der Waals surface area contributed by atoms with Crippen molar-refractivity contribution in [2.75, 3.05) is 41.3 Å². The number of anilines is 3. The molecule has 9 nitrogen and oxygen atoms in total. The van der Waals surface area contributed by atoms with Gasteiger partial charge in [0.15, 0.2) is 5.76 Å². The molecule has 0 spiro atoms. The second-order valence-corrected chi connectivity index (χ2v) is 9.67. The van der Waals surface area contributed by atoms with E-state index >= 15 is 0 Å². The molecule has 1 aliphatic heterocycles. The van der Waals surface area contributed by atoms with Crippen LogP contribution in [-0.2, 0) is 6.54 Å². The SMILES string of the molecule is Cc1ccccc1N1CCN(c2ccc(C(=O)NCc3ccc(C(N)=O)cc3)cc2NC(=O)c2ccco2)CC1. The molecule has 0 bridgehead atoms. The number of carbonyl (C=O) groups excluding carboxylic acids is 3. The summed E-state index contributed by atoms with van der Waals surface area (Å²) in [5.41, 5.74) is 10.8. The molecule has 5 rings (SSSR count). The third-order valence-electron chi connectivity index (χ3n) is 7.02. The van der Waals surface area contributed by atoms with Crippen LogP contribution in [0.4, 0.5) is 17.1 Å². The Balaban J connectivity index is 1.32. The fourth-order valence-electron chi connectivity index (χ4n) is 4.82. The van der Waals surface area contributed by atoms with Gasteiger partial charge < -0.3 is 30.6 Å². The number of primary amides is 1. The number of furan rings is 1. The van der Waals surface area contributed by atoms with Gasteiger partial charge in [-0.05, 0) is 66.6 Å². The maximum atomic E-state index is 13.0. The highest BCUT2D eigenvalue weighted by atomic mass is 16.3. The molecule has 0 saturated carbocycles. The topological polar surface area (TPSA) is 121 Å². The van der Waals surface area contributed by atoms with E-state index in [0.29, 0.717) is 16.8 Å². The number of nitrogens with one attached hydrogen (secondary N) is 2. The van der Waals surface area contributed by atoms with Gasteiger partial charge in [0.05, 0.1) is 17.6 Å². The van der Waals surface area contributed by atoms with Gasteiger partial charge in [-0.3, -0.25) is 14.4 Å². The van der Waals surface area contributed by atoms with E-state index in [1.807, 2.05) is 12.1 Å². The smallest absolute Gasteiger partial charge is 0.291 e. The molecule has 204 valence electrons. The average molecular weight is 538 g/mol. The van der Waals surface area contributed by atoms with Crippen LogP contribution in [0.1, 0.15) is 42.4 Å². The number of nitrogens with zero attached hydrogens (tertiary/aromatic N) is 2. The van der Waals surface area contributed by atoms with Crippen molar-refractivity contribution >= 4 is 34.8 Å². The molecule has 0 aliphatic carbocycles. The van der Waals surface area contributed by atoms with Crippen LogP contribution in [0.25, 0.3) is 0 Å². The summed E-state index contributed by atoms with van der Waals surface area (Å²) in [5.74, 6) is -0.999. The van der Waals surface area contributed by atoms with E-state index < -0.39 is 11.8 Å². The van der Waals surface area contributed by atoms with E-state index in [1.54, 1.807) is 48.5 Å². The maximum absolute atomic E-state index is 13.0. The standard InChI is InChI=1S/C31H31N5O4/c1-21-5-2-3-6-26(21)35-14-16-36(17-15-35)27-13-12-24(19-25(27)34-31(39)28-7-4-18-40-28)30(38)33-20-22-8-10-23(11-9-22)29(32)37/h2-13,18-19H,14-17,20H2,1H3,(H2,32,37)(H,33,38)(H,34,39). The molecule has 0 radical (unpaired) electrons. The van der Waals surface area contributed by atoms with Crippen LogP contribution in [0, 0.1) is 6.92 Å². The first-order valence-electron chi connectivity index (χ1n) is 13.1. The number of piperazine rings is 1. The highest BCUT2D eigenvalue weighted by molar-refractivity contribution is 6.05. The first-order chi connectivity index (χ1) is 19.4. The molecule has 40 heavy (non-hydrogen) atoms. The molecule has 4 aromatic rings. The quantitative estimate of drug-likeness (QED) is 0.310. The molecule has 1 aliphatic rings. The van der Waals surface area contributed by atoms with Gasteiger partial charge in [0.1, 0.15) is 0 Å². The largest absolute Gasteiger partial charge is 0.459 e. The van der Waals surface area contributed by atoms with Crippen molar-refractivity contribution in [3.63, 3.8) is 0 Å². The van der Waals surface area contributed by atoms with Crippen LogP contribution in [0.2, 0.25) is 0 Å². The number of para-hydroxylation sites is 1. The second-order valence-electron chi connectivity index (χ2n) is 9.67. The molecule has 0 unspecified atom stereocenters. The summed E-state index contributed by atoms with van der Waals surface area (Å²) >= 11 is 0. The number of nitrogens with two attached hydrogens (primary N) is 1. The van der Waals surface area contributed by atoms with Gasteiger partial charge in [-0.1, -0.05) is 30.3 Å². The average Bonchev–Trinajstić information content (AvgIpc) is 3.52. The Morgan fingerprint density at radius 1 is 0.800 bits per heavy atom. The van der Waals surface area contributed by atoms with Crippen molar-refractivity contribution in [3.05, 3.63) is 113 Å². The molecule has 4 N–H and O–H groups in total. The Morgan fingerprint density at radius 3 is 2.12 bits per heavy atom. The van der Waals surface area contributed by atoms with Crippen LogP contribution >= 0.6 is 0 Å². The minimum atomic E-state index is -0.503. The van der Waals surface area contributed by atoms with E-state index in [2.05, 4.69) is 45.6 Å². The van der Waals surface area contributed by atoms with Crippen molar-refractivity contribution in [2.24, 2.45) is 5.73 Å². The van der Waals surface area contributed by atoms with Gasteiger partial charge >= 0.3 is 0 Å². The number of hydrogen-bond donors (Lipinski definition) is 3. The van der Waals surface area contributed by atoms with Gasteiger partial charge in [-0.15, -0.1) is 0 Å². The summed E-state index contributed by atoms with van der Waals surface area (Å²) in [6.45, 7) is 5.55. The zero-order chi connectivity index (χ0) is 28.1. The first kappa shape index (κ1) is 26.6. The monoisotopic (exact) mass is 537 g/mol. The normalized spacial score (nSPS) is 13.1. The number of hydrogen-bond acceptors (Lipinski definition) is 6. The minimum Gasteiger partial charge on any atom is -0.459 e. The van der Waals surface area contributed by atoms with Crippen molar-refractivity contribution in [3.8, 4) is 0 Å². The lowest BCUT2D eigenvalue weighted by atomic mass is 10.1. The number of rotatable bonds is 8. The van der Waals surface area contributed by atoms with Crippen LogP contribution in [0.5, 0.6) is 0 Å². The van der Waals surface area contributed by atoms with E-state index in [-0.39, 0.29) is 18.2 Å². The highest BCUT2D eigenvalue weighted by Gasteiger charge is 2.23. The first-order valence-corrected chi connectivity index (χ1v) is 13.1. The predicted molar refractivity (Wildman–Crippen MR) is 155 cm³/mol. The molecule has 0 atom stereocenters. The van der Waals surface area contributed by atoms with E-state index in [4.69, 9.17) is 10.2 Å². The second kappa shape index (κ2) is 11.8. The maximum Gasteiger partial charge on any atom is 0.291 e. The molecule has 3 aromatic carbocycles. The van der Waals surface area contributed by atoms with Crippen molar-refractivity contribution in [2.45, 2.75) is 13.5 Å². The van der Waals surface area contributed by atoms with Gasteiger partial charge in [0.25, 0.3) is 11.8 Å². The molecule has 9 heteroatoms. The van der Waals surface area contributed by atoms with Gasteiger partial charge in [0.2, 0.25) is 5.91 Å². The molecule has 1 fully saturated rings. The Hall–Kier alpha value is -5.05. The Labute approximate surface area is 232 Å². The zero-order valence-electron chi connectivity index (χ0n) is 22.2. The van der Waals surface area contributed by atoms with Crippen molar-refractivity contribution < 1.29 is 18.8 Å². The molecular weight excluding hydrogens is 506 g/mol. The van der Waals surface area contributed by atoms with E-state index in [0.717, 1.165) is 37.4 Å². The van der Waals surface area contributed by atoms with E-state index in [9.17, 15) is 14.4 Å². The van der Waals surface area contributed by atoms with Gasteiger partial charge in [-0.2, -0.15) is 0 Å². The summed E-state index contributed by atoms with van der Waals surface area (Å²) in [4.78, 5) is 41.8. The van der Waals surface area contributed by atoms with Crippen LogP contribution in [0.15, 0.2) is 89.5 Å². The third kappa shape index (κ3) is 5.99. The molecular formula is C31H31N5O4. The number of carbonyl (C=O) groups is 3. The highest BCUT2D eigenvalue weighted by Crippen LogP contribution is 2.30. The molecule has 3 amide bonds. The van der Waals surface area contributed by atoms with Crippen LogP contribution in [0.3, 0.4) is 0 Å².